The zero-order chi connectivity index (χ0) is 17.7. The minimum atomic E-state index is -4.33. The third-order valence-corrected chi connectivity index (χ3v) is 4.06. The van der Waals surface area contributed by atoms with Gasteiger partial charge in [-0.1, -0.05) is 12.1 Å². The largest absolute Gasteiger partial charge is 0.461 e. The zero-order valence-electron chi connectivity index (χ0n) is 13.7. The first-order chi connectivity index (χ1) is 11.3. The van der Waals surface area contributed by atoms with Crippen LogP contribution in [0.25, 0.3) is 0 Å². The summed E-state index contributed by atoms with van der Waals surface area (Å²) in [7, 11) is 1.66. The highest BCUT2D eigenvalue weighted by molar-refractivity contribution is 5.76. The minimum absolute atomic E-state index is 0.0696. The second kappa shape index (κ2) is 7.98. The van der Waals surface area contributed by atoms with Crippen LogP contribution in [-0.4, -0.2) is 38.4 Å². The number of hydrogen-bond acceptors (Lipinski definition) is 4. The van der Waals surface area contributed by atoms with Crippen LogP contribution in [-0.2, 0) is 26.9 Å². The van der Waals surface area contributed by atoms with E-state index >= 15 is 0 Å². The highest BCUT2D eigenvalue weighted by atomic mass is 19.4. The van der Waals surface area contributed by atoms with E-state index in [4.69, 9.17) is 9.47 Å². The lowest BCUT2D eigenvalue weighted by molar-refractivity contribution is -0.151. The van der Waals surface area contributed by atoms with E-state index in [0.717, 1.165) is 17.7 Å². The number of alkyl halides is 3. The van der Waals surface area contributed by atoms with Crippen LogP contribution >= 0.6 is 0 Å². The molecule has 1 aromatic carbocycles. The molecule has 0 bridgehead atoms. The molecule has 0 saturated carbocycles. The van der Waals surface area contributed by atoms with E-state index in [2.05, 4.69) is 5.32 Å². The molecule has 4 nitrogen and oxygen atoms in total. The third-order valence-electron chi connectivity index (χ3n) is 4.06. The maximum absolute atomic E-state index is 12.6. The van der Waals surface area contributed by atoms with Crippen molar-refractivity contribution in [2.24, 2.45) is 5.92 Å². The van der Waals surface area contributed by atoms with Crippen LogP contribution in [0.1, 0.15) is 24.5 Å². The van der Waals surface area contributed by atoms with Gasteiger partial charge in [0, 0.05) is 6.61 Å². The monoisotopic (exact) mass is 345 g/mol. The normalized spacial score (nSPS) is 26.2. The molecule has 1 aromatic rings. The van der Waals surface area contributed by atoms with Gasteiger partial charge in [-0.25, -0.2) is 0 Å². The molecule has 1 aliphatic heterocycles. The second-order valence-corrected chi connectivity index (χ2v) is 6.13. The Morgan fingerprint density at radius 2 is 1.88 bits per heavy atom. The summed E-state index contributed by atoms with van der Waals surface area (Å²) in [6.45, 7) is 2.46. The van der Waals surface area contributed by atoms with Gasteiger partial charge in [-0.3, -0.25) is 4.79 Å². The number of cyclic esters (lactones) is 1. The van der Waals surface area contributed by atoms with Crippen molar-refractivity contribution < 1.29 is 27.4 Å². The molecule has 1 N–H and O–H groups in total. The summed E-state index contributed by atoms with van der Waals surface area (Å²) in [6, 6.07) is 4.65. The van der Waals surface area contributed by atoms with E-state index in [1.54, 1.807) is 7.05 Å². The number of rotatable bonds is 3. The lowest BCUT2D eigenvalue weighted by Crippen LogP contribution is -2.40. The van der Waals surface area contributed by atoms with Crippen molar-refractivity contribution in [1.29, 1.82) is 0 Å². The Morgan fingerprint density at radius 3 is 2.46 bits per heavy atom. The molecule has 0 aromatic heterocycles. The predicted octanol–water partition coefficient (Wildman–Crippen LogP) is 2.80. The van der Waals surface area contributed by atoms with Crippen molar-refractivity contribution >= 4 is 5.97 Å². The Balaban J connectivity index is 2.01. The van der Waals surface area contributed by atoms with Crippen molar-refractivity contribution in [3.05, 3.63) is 35.4 Å². The molecule has 1 aliphatic rings. The van der Waals surface area contributed by atoms with E-state index in [9.17, 15) is 18.0 Å². The molecule has 1 saturated heterocycles. The first-order valence-corrected chi connectivity index (χ1v) is 7.91. The van der Waals surface area contributed by atoms with Crippen LogP contribution in [0.3, 0.4) is 0 Å². The molecule has 0 amide bonds. The van der Waals surface area contributed by atoms with Crippen LogP contribution in [0.4, 0.5) is 13.2 Å². The number of nitrogens with one attached hydrogen (secondary N) is 1. The summed E-state index contributed by atoms with van der Waals surface area (Å²) in [4.78, 5) is 11.9. The van der Waals surface area contributed by atoms with Crippen molar-refractivity contribution in [2.75, 3.05) is 20.3 Å². The van der Waals surface area contributed by atoms with Gasteiger partial charge >= 0.3 is 12.1 Å². The molecule has 1 fully saturated rings. The van der Waals surface area contributed by atoms with Crippen molar-refractivity contribution in [3.63, 3.8) is 0 Å². The van der Waals surface area contributed by atoms with Crippen LogP contribution in [0.5, 0.6) is 0 Å². The molecule has 24 heavy (non-hydrogen) atoms. The van der Waals surface area contributed by atoms with Gasteiger partial charge in [-0.05, 0) is 50.4 Å². The van der Waals surface area contributed by atoms with Gasteiger partial charge in [0.05, 0.1) is 18.3 Å². The number of likely N-dealkylation sites (N-methyl/N-ethyl adjacent to an activating group) is 1. The number of carbonyl (C=O) groups is 1. The fourth-order valence-electron chi connectivity index (χ4n) is 2.79. The summed E-state index contributed by atoms with van der Waals surface area (Å²) >= 11 is 0. The molecule has 2 rings (SSSR count). The third kappa shape index (κ3) is 5.21. The molecule has 0 radical (unpaired) electrons. The Morgan fingerprint density at radius 1 is 1.21 bits per heavy atom. The van der Waals surface area contributed by atoms with E-state index in [0.29, 0.717) is 19.4 Å². The molecule has 1 heterocycles. The minimum Gasteiger partial charge on any atom is -0.461 e. The first-order valence-electron chi connectivity index (χ1n) is 7.91. The number of carbonyl (C=O) groups excluding carboxylic acids is 1. The molecule has 3 atom stereocenters. The summed E-state index contributed by atoms with van der Waals surface area (Å²) in [5.74, 6) is -0.277. The molecule has 0 spiro atoms. The molecule has 7 heteroatoms. The molecule has 2 unspecified atom stereocenters. The standard InChI is InChI=1S/C17H22F3NO3/c1-11-7-13(9-23-10-15(21-2)16(22)24-11)8-12-3-5-14(6-4-12)17(18,19)20/h3-6,11,13,15,21H,7-10H2,1-2H3/t11?,13?,15-/m0/s1. The fraction of sp³-hybridized carbons (Fsp3) is 0.588. The number of hydrogen-bond donors (Lipinski definition) is 1. The maximum Gasteiger partial charge on any atom is 0.416 e. The van der Waals surface area contributed by atoms with Crippen LogP contribution in [0.2, 0.25) is 0 Å². The van der Waals surface area contributed by atoms with Crippen molar-refractivity contribution in [3.8, 4) is 0 Å². The van der Waals surface area contributed by atoms with E-state index in [1.807, 2.05) is 6.92 Å². The molecule has 0 aliphatic carbocycles. The van der Waals surface area contributed by atoms with Crippen LogP contribution in [0.15, 0.2) is 24.3 Å². The fourth-order valence-corrected chi connectivity index (χ4v) is 2.79. The van der Waals surface area contributed by atoms with Gasteiger partial charge in [-0.15, -0.1) is 0 Å². The van der Waals surface area contributed by atoms with Gasteiger partial charge in [0.1, 0.15) is 6.04 Å². The Bertz CT molecular complexity index is 545. The highest BCUT2D eigenvalue weighted by Crippen LogP contribution is 2.29. The lowest BCUT2D eigenvalue weighted by atomic mass is 9.94. The quantitative estimate of drug-likeness (QED) is 0.856. The lowest BCUT2D eigenvalue weighted by Gasteiger charge is -2.19. The zero-order valence-corrected chi connectivity index (χ0v) is 13.7. The van der Waals surface area contributed by atoms with Gasteiger partial charge in [-0.2, -0.15) is 13.2 Å². The van der Waals surface area contributed by atoms with Gasteiger partial charge in [0.2, 0.25) is 0 Å². The number of esters is 1. The van der Waals surface area contributed by atoms with Crippen LogP contribution in [0, 0.1) is 5.92 Å². The topological polar surface area (TPSA) is 47.6 Å². The summed E-state index contributed by atoms with van der Waals surface area (Å²) in [5, 5.41) is 2.85. The van der Waals surface area contributed by atoms with Crippen molar-refractivity contribution in [1.82, 2.24) is 5.32 Å². The molecular weight excluding hydrogens is 323 g/mol. The summed E-state index contributed by atoms with van der Waals surface area (Å²) in [5.41, 5.74) is 0.149. The van der Waals surface area contributed by atoms with Crippen LogP contribution < -0.4 is 5.32 Å². The Labute approximate surface area is 139 Å². The average molecular weight is 345 g/mol. The highest BCUT2D eigenvalue weighted by Gasteiger charge is 2.30. The Kier molecular flexibility index (Phi) is 6.23. The number of ether oxygens (including phenoxy) is 2. The van der Waals surface area contributed by atoms with Gasteiger partial charge in [0.25, 0.3) is 0 Å². The van der Waals surface area contributed by atoms with Crippen molar-refractivity contribution in [2.45, 2.75) is 38.1 Å². The van der Waals surface area contributed by atoms with Gasteiger partial charge in [0.15, 0.2) is 0 Å². The average Bonchev–Trinajstić information content (AvgIpc) is 2.56. The van der Waals surface area contributed by atoms with E-state index in [-0.39, 0.29) is 24.6 Å². The smallest absolute Gasteiger partial charge is 0.416 e. The predicted molar refractivity (Wildman–Crippen MR) is 82.5 cm³/mol. The maximum atomic E-state index is 12.6. The Hall–Kier alpha value is -1.60. The number of benzene rings is 1. The van der Waals surface area contributed by atoms with E-state index in [1.165, 1.54) is 12.1 Å². The van der Waals surface area contributed by atoms with Gasteiger partial charge < -0.3 is 14.8 Å². The SMILES string of the molecule is CN[C@H]1COCC(Cc2ccc(C(F)(F)F)cc2)CC(C)OC1=O. The van der Waals surface area contributed by atoms with E-state index < -0.39 is 17.8 Å². The summed E-state index contributed by atoms with van der Waals surface area (Å²) < 4.78 is 48.8. The molecule has 134 valence electrons. The second-order valence-electron chi connectivity index (χ2n) is 6.13. The molecular formula is C17H22F3NO3. The first kappa shape index (κ1) is 18.7. The summed E-state index contributed by atoms with van der Waals surface area (Å²) in [6.07, 6.45) is -3.42. The number of halogens is 3.